The number of amides is 2. The van der Waals surface area contributed by atoms with E-state index in [4.69, 9.17) is 0 Å². The van der Waals surface area contributed by atoms with Gasteiger partial charge < -0.3 is 9.80 Å². The van der Waals surface area contributed by atoms with Crippen LogP contribution in [-0.2, 0) is 9.59 Å². The first-order chi connectivity index (χ1) is 9.18. The second-order valence-electron chi connectivity index (χ2n) is 4.99. The molecule has 19 heavy (non-hydrogen) atoms. The molecular formula is C15H16N2O2. The van der Waals surface area contributed by atoms with Crippen molar-refractivity contribution in [1.29, 1.82) is 0 Å². The van der Waals surface area contributed by atoms with Crippen molar-refractivity contribution in [2.24, 2.45) is 0 Å². The fraction of sp³-hybridized carbons (Fsp3) is 0.333. The van der Waals surface area contributed by atoms with Crippen LogP contribution in [0.3, 0.4) is 0 Å². The monoisotopic (exact) mass is 256 g/mol. The van der Waals surface area contributed by atoms with Gasteiger partial charge in [0.2, 0.25) is 5.91 Å². The van der Waals surface area contributed by atoms with E-state index in [1.165, 1.54) is 4.90 Å². The predicted octanol–water partition coefficient (Wildman–Crippen LogP) is 1.49. The van der Waals surface area contributed by atoms with E-state index in [1.54, 1.807) is 18.0 Å². The van der Waals surface area contributed by atoms with Gasteiger partial charge in [-0.25, -0.2) is 0 Å². The summed E-state index contributed by atoms with van der Waals surface area (Å²) in [5.41, 5.74) is 1.40. The topological polar surface area (TPSA) is 40.6 Å². The summed E-state index contributed by atoms with van der Waals surface area (Å²) in [6.45, 7) is 0.690. The molecule has 2 saturated heterocycles. The van der Waals surface area contributed by atoms with Gasteiger partial charge in [0, 0.05) is 13.6 Å². The standard InChI is InChI=1S/C15H16N2O2/c1-16-13(10-11-6-3-2-4-7-11)15(19)17-9-5-8-12(17)14(16)18/h2-4,6-7,10,12H,5,8-9H2,1H3. The van der Waals surface area contributed by atoms with E-state index >= 15 is 0 Å². The van der Waals surface area contributed by atoms with Crippen molar-refractivity contribution in [2.45, 2.75) is 18.9 Å². The van der Waals surface area contributed by atoms with Crippen LogP contribution in [0.5, 0.6) is 0 Å². The summed E-state index contributed by atoms with van der Waals surface area (Å²) < 4.78 is 0. The van der Waals surface area contributed by atoms with Crippen LogP contribution >= 0.6 is 0 Å². The molecule has 3 rings (SSSR count). The summed E-state index contributed by atoms with van der Waals surface area (Å²) in [7, 11) is 1.69. The van der Waals surface area contributed by atoms with Gasteiger partial charge in [-0.15, -0.1) is 0 Å². The number of rotatable bonds is 1. The third kappa shape index (κ3) is 1.93. The molecular weight excluding hydrogens is 240 g/mol. The van der Waals surface area contributed by atoms with Crippen molar-refractivity contribution in [3.05, 3.63) is 41.6 Å². The second kappa shape index (κ2) is 4.53. The number of hydrogen-bond donors (Lipinski definition) is 0. The van der Waals surface area contributed by atoms with Gasteiger partial charge in [-0.05, 0) is 24.5 Å². The normalized spacial score (nSPS) is 25.1. The number of fused-ring (bicyclic) bond motifs is 1. The molecule has 4 heteroatoms. The van der Waals surface area contributed by atoms with Gasteiger partial charge in [-0.1, -0.05) is 30.3 Å². The zero-order valence-electron chi connectivity index (χ0n) is 10.9. The largest absolute Gasteiger partial charge is 0.325 e. The van der Waals surface area contributed by atoms with Crippen LogP contribution in [0.2, 0.25) is 0 Å². The third-order valence-electron chi connectivity index (χ3n) is 3.81. The molecule has 0 radical (unpaired) electrons. The zero-order chi connectivity index (χ0) is 13.4. The fourth-order valence-corrected chi connectivity index (χ4v) is 2.77. The molecule has 1 unspecified atom stereocenters. The highest BCUT2D eigenvalue weighted by Crippen LogP contribution is 2.28. The van der Waals surface area contributed by atoms with Crippen molar-refractivity contribution < 1.29 is 9.59 Å². The molecule has 2 amide bonds. The van der Waals surface area contributed by atoms with Crippen molar-refractivity contribution in [2.75, 3.05) is 13.6 Å². The molecule has 1 aromatic carbocycles. The van der Waals surface area contributed by atoms with Crippen LogP contribution in [0, 0.1) is 0 Å². The highest BCUT2D eigenvalue weighted by atomic mass is 16.2. The van der Waals surface area contributed by atoms with Gasteiger partial charge in [0.15, 0.2) is 0 Å². The maximum atomic E-state index is 12.4. The van der Waals surface area contributed by atoms with Crippen LogP contribution in [0.1, 0.15) is 18.4 Å². The number of carbonyl (C=O) groups is 2. The Balaban J connectivity index is 1.99. The van der Waals surface area contributed by atoms with E-state index in [9.17, 15) is 9.59 Å². The Labute approximate surface area is 112 Å². The average Bonchev–Trinajstić information content (AvgIpc) is 2.92. The van der Waals surface area contributed by atoms with Crippen molar-refractivity contribution in [3.63, 3.8) is 0 Å². The molecule has 98 valence electrons. The van der Waals surface area contributed by atoms with Gasteiger partial charge >= 0.3 is 0 Å². The van der Waals surface area contributed by atoms with Crippen molar-refractivity contribution in [3.8, 4) is 0 Å². The SMILES string of the molecule is CN1C(=O)C2CCCN2C(=O)C1=Cc1ccccc1. The minimum absolute atomic E-state index is 0.0271. The number of hydrogen-bond acceptors (Lipinski definition) is 2. The van der Waals surface area contributed by atoms with Gasteiger partial charge in [-0.3, -0.25) is 9.59 Å². The molecule has 2 aliphatic heterocycles. The summed E-state index contributed by atoms with van der Waals surface area (Å²) in [6, 6.07) is 9.37. The van der Waals surface area contributed by atoms with E-state index in [2.05, 4.69) is 0 Å². The maximum Gasteiger partial charge on any atom is 0.271 e. The minimum Gasteiger partial charge on any atom is -0.325 e. The fourth-order valence-electron chi connectivity index (χ4n) is 2.77. The van der Waals surface area contributed by atoms with Gasteiger partial charge in [-0.2, -0.15) is 0 Å². The van der Waals surface area contributed by atoms with E-state index in [1.807, 2.05) is 30.3 Å². The van der Waals surface area contributed by atoms with Gasteiger partial charge in [0.1, 0.15) is 11.7 Å². The summed E-state index contributed by atoms with van der Waals surface area (Å²) in [5.74, 6) is -0.00673. The van der Waals surface area contributed by atoms with Crippen LogP contribution in [0.4, 0.5) is 0 Å². The van der Waals surface area contributed by atoms with Crippen molar-refractivity contribution in [1.82, 2.24) is 9.80 Å². The summed E-state index contributed by atoms with van der Waals surface area (Å²) >= 11 is 0. The van der Waals surface area contributed by atoms with Crippen LogP contribution in [0.25, 0.3) is 6.08 Å². The van der Waals surface area contributed by atoms with Gasteiger partial charge in [0.05, 0.1) is 0 Å². The molecule has 1 aromatic rings. The molecule has 4 nitrogen and oxygen atoms in total. The number of likely N-dealkylation sites (N-methyl/N-ethyl adjacent to an activating group) is 1. The lowest BCUT2D eigenvalue weighted by molar-refractivity contribution is -0.147. The second-order valence-corrected chi connectivity index (χ2v) is 4.99. The number of nitrogens with zero attached hydrogens (tertiary/aromatic N) is 2. The lowest BCUT2D eigenvalue weighted by atomic mass is 10.1. The maximum absolute atomic E-state index is 12.4. The molecule has 0 aromatic heterocycles. The molecule has 0 N–H and O–H groups in total. The van der Waals surface area contributed by atoms with E-state index in [0.29, 0.717) is 12.2 Å². The molecule has 2 heterocycles. The van der Waals surface area contributed by atoms with E-state index < -0.39 is 0 Å². The highest BCUT2D eigenvalue weighted by molar-refractivity contribution is 6.07. The molecule has 0 saturated carbocycles. The van der Waals surface area contributed by atoms with E-state index in [0.717, 1.165) is 18.4 Å². The van der Waals surface area contributed by atoms with Crippen LogP contribution in [-0.4, -0.2) is 41.2 Å². The first-order valence-corrected chi connectivity index (χ1v) is 6.54. The summed E-state index contributed by atoms with van der Waals surface area (Å²) in [4.78, 5) is 27.9. The lowest BCUT2D eigenvalue weighted by Gasteiger charge is -2.36. The quantitative estimate of drug-likeness (QED) is 0.714. The predicted molar refractivity (Wildman–Crippen MR) is 71.9 cm³/mol. The van der Waals surface area contributed by atoms with Crippen molar-refractivity contribution >= 4 is 17.9 Å². The average molecular weight is 256 g/mol. The lowest BCUT2D eigenvalue weighted by Crippen LogP contribution is -2.54. The Hall–Kier alpha value is -2.10. The Kier molecular flexibility index (Phi) is 2.85. The number of piperazine rings is 1. The first kappa shape index (κ1) is 12.0. The van der Waals surface area contributed by atoms with Crippen LogP contribution in [0.15, 0.2) is 36.0 Å². The summed E-state index contributed by atoms with van der Waals surface area (Å²) in [6.07, 6.45) is 3.48. The first-order valence-electron chi connectivity index (χ1n) is 6.54. The Morgan fingerprint density at radius 2 is 1.95 bits per heavy atom. The number of carbonyl (C=O) groups excluding carboxylic acids is 2. The number of benzene rings is 1. The Bertz CT molecular complexity index is 551. The summed E-state index contributed by atoms with van der Waals surface area (Å²) in [5, 5.41) is 0. The molecule has 2 fully saturated rings. The zero-order valence-corrected chi connectivity index (χ0v) is 10.9. The Morgan fingerprint density at radius 3 is 2.68 bits per heavy atom. The molecule has 1 atom stereocenters. The molecule has 0 spiro atoms. The third-order valence-corrected chi connectivity index (χ3v) is 3.81. The molecule has 0 aliphatic carbocycles. The smallest absolute Gasteiger partial charge is 0.271 e. The minimum atomic E-state index is -0.245. The highest BCUT2D eigenvalue weighted by Gasteiger charge is 2.43. The van der Waals surface area contributed by atoms with Gasteiger partial charge in [0.25, 0.3) is 5.91 Å². The van der Waals surface area contributed by atoms with E-state index in [-0.39, 0.29) is 17.9 Å². The van der Waals surface area contributed by atoms with Crippen LogP contribution < -0.4 is 0 Å². The Morgan fingerprint density at radius 1 is 1.21 bits per heavy atom. The molecule has 0 bridgehead atoms. The molecule has 2 aliphatic rings.